The number of ether oxygens (including phenoxy) is 2. The predicted molar refractivity (Wildman–Crippen MR) is 406 cm³/mol. The average Bonchev–Trinajstić information content (AvgIpc) is 0.921. The van der Waals surface area contributed by atoms with Gasteiger partial charge in [-0.3, -0.25) is 0 Å². The van der Waals surface area contributed by atoms with Crippen LogP contribution in [0.5, 0.6) is 23.0 Å². The summed E-state index contributed by atoms with van der Waals surface area (Å²) in [4.78, 5) is 27.9. The maximum absolute atomic E-state index is 13.3. The Morgan fingerprint density at radius 2 is 0.700 bits per heavy atom. The van der Waals surface area contributed by atoms with Crippen LogP contribution in [0.4, 0.5) is 28.4 Å². The second-order valence-corrected chi connectivity index (χ2v) is 25.4. The highest BCUT2D eigenvalue weighted by molar-refractivity contribution is 9.10. The molecule has 0 radical (unpaired) electrons. The highest BCUT2D eigenvalue weighted by Gasteiger charge is 2.52. The molecule has 13 heteroatoms. The molecule has 0 saturated heterocycles. The van der Waals surface area contributed by atoms with Gasteiger partial charge in [-0.1, -0.05) is 220 Å². The lowest BCUT2D eigenvalue weighted by Gasteiger charge is -2.48. The van der Waals surface area contributed by atoms with E-state index in [2.05, 4.69) is 207 Å². The van der Waals surface area contributed by atoms with Crippen LogP contribution in [0.2, 0.25) is 0 Å². The lowest BCUT2D eigenvalue weighted by molar-refractivity contribution is 0.434. The van der Waals surface area contributed by atoms with Crippen molar-refractivity contribution >= 4 is 88.1 Å². The molecular formula is C87H67BrN6O6. The van der Waals surface area contributed by atoms with Crippen LogP contribution in [0, 0.1) is 13.8 Å². The van der Waals surface area contributed by atoms with E-state index in [1.165, 1.54) is 22.3 Å². The first-order valence-corrected chi connectivity index (χ1v) is 32.9. The van der Waals surface area contributed by atoms with Crippen LogP contribution >= 0.6 is 15.9 Å². The van der Waals surface area contributed by atoms with Crippen LogP contribution in [0.1, 0.15) is 78.2 Å². The van der Waals surface area contributed by atoms with Crippen LogP contribution in [0.15, 0.2) is 314 Å². The van der Waals surface area contributed by atoms with E-state index in [4.69, 9.17) is 23.4 Å². The van der Waals surface area contributed by atoms with Crippen molar-refractivity contribution < 1.29 is 18.3 Å². The molecule has 488 valence electrons. The average molecular weight is 1370 g/mol. The topological polar surface area (TPSA) is 130 Å². The van der Waals surface area contributed by atoms with Crippen LogP contribution in [0.3, 0.4) is 0 Å². The number of nitrogens with zero attached hydrogens (tertiary/aromatic N) is 5. The zero-order valence-corrected chi connectivity index (χ0v) is 53.9. The number of aryl methyl sites for hydroxylation is 2. The molecule has 0 unspecified atom stereocenters. The van der Waals surface area contributed by atoms with E-state index in [9.17, 15) is 9.59 Å². The van der Waals surface area contributed by atoms with E-state index in [1.54, 1.807) is 10.7 Å². The number of halogens is 1. The summed E-state index contributed by atoms with van der Waals surface area (Å²) in [5.74, 6) is 3.54. The third kappa shape index (κ3) is 9.55. The van der Waals surface area contributed by atoms with Crippen LogP contribution in [-0.2, 0) is 10.8 Å². The number of nitrogens with one attached hydrogen (secondary N) is 1. The second-order valence-electron chi connectivity index (χ2n) is 24.5. The van der Waals surface area contributed by atoms with Crippen molar-refractivity contribution in [1.29, 1.82) is 0 Å². The van der Waals surface area contributed by atoms with Gasteiger partial charge in [-0.2, -0.15) is 10.2 Å². The highest BCUT2D eigenvalue weighted by Crippen LogP contribution is 2.64. The minimum atomic E-state index is -0.616. The molecule has 4 aromatic heterocycles. The van der Waals surface area contributed by atoms with Crippen molar-refractivity contribution in [3.63, 3.8) is 0 Å². The van der Waals surface area contributed by atoms with Gasteiger partial charge in [0.1, 0.15) is 44.9 Å². The molecule has 16 aromatic rings. The minimum Gasteiger partial charge on any atom is -0.457 e. The number of fused-ring (bicyclic) bond motifs is 22. The zero-order chi connectivity index (χ0) is 65.1. The molecule has 100 heavy (non-hydrogen) atoms. The van der Waals surface area contributed by atoms with Gasteiger partial charge in [0.15, 0.2) is 0 Å². The number of para-hydroxylation sites is 10. The second kappa shape index (κ2) is 25.0. The number of anilines is 5. The first-order chi connectivity index (χ1) is 47.7. The van der Waals surface area contributed by atoms with Crippen molar-refractivity contribution in [2.45, 2.75) is 47.0 Å². The number of aromatic nitrogens is 4. The summed E-state index contributed by atoms with van der Waals surface area (Å²) in [5.41, 5.74) is 18.6. The molecule has 0 atom stereocenters. The molecule has 4 aliphatic heterocycles. The van der Waals surface area contributed by atoms with Crippen LogP contribution < -0.4 is 30.9 Å². The molecule has 8 heterocycles. The van der Waals surface area contributed by atoms with Gasteiger partial charge in [0.25, 0.3) is 0 Å². The molecule has 12 nitrogen and oxygen atoms in total. The predicted octanol–water partition coefficient (Wildman–Crippen LogP) is 22.1. The molecule has 1 N–H and O–H groups in total. The van der Waals surface area contributed by atoms with Gasteiger partial charge in [0.2, 0.25) is 0 Å². The van der Waals surface area contributed by atoms with E-state index in [1.807, 2.05) is 128 Å². The molecule has 12 aromatic carbocycles. The summed E-state index contributed by atoms with van der Waals surface area (Å²) in [6.45, 7) is 3.68. The van der Waals surface area contributed by atoms with Gasteiger partial charge < -0.3 is 28.5 Å². The van der Waals surface area contributed by atoms with Crippen molar-refractivity contribution in [2.75, 3.05) is 10.2 Å². The standard InChI is InChI=1S/C42H27N3O3.C25H17NO.C17H11BrN2O2.3CH4/c1-26-39-40(45(43-26)27-13-3-2-4-14-27)29-25-28(23-24-36(29)48-41(39)46)44-34-19-9-5-15-30(34)42(31-16-6-10-20-35(31)44)32-17-7-11-21-37(32)47-38-22-12-8-18-33(38)42;1-5-13-21-17(9-1)25(18-10-2-6-14-22(18)26-21)19-11-3-7-15-23(19)27-24-16-8-4-12-20(24)25;1-10-15-16(20(19-10)12-5-3-2-4-6-12)13-9-11(18)7-8-14(13)22-17(15)21;;;/h2-25H,1H3;1-16,26H;2-9H,1H3;3*1H4. The lowest BCUT2D eigenvalue weighted by atomic mass is 9.61. The SMILES string of the molecule is C.C.C.Cc1nn(-c2ccccc2)c2c1c(=O)oc1ccc(Br)cc12.Cc1nn(-c2ccccc2)c2c1c(=O)oc1ccc(N3c4ccccc4C4(c5ccccc5Oc5ccccc54)c4ccccc43)cc12.c1ccc2c(c1)Nc1ccccc1C21c2ccccc2Oc2ccccc21. The number of hydrogen-bond donors (Lipinski definition) is 1. The Hall–Kier alpha value is -12.3. The fourth-order valence-corrected chi connectivity index (χ4v) is 15.7. The smallest absolute Gasteiger partial charge is 0.347 e. The molecule has 20 rings (SSSR count). The fourth-order valence-electron chi connectivity index (χ4n) is 15.4. The first kappa shape index (κ1) is 63.7. The van der Waals surface area contributed by atoms with Crippen molar-refractivity contribution in [1.82, 2.24) is 19.6 Å². The van der Waals surface area contributed by atoms with Crippen molar-refractivity contribution in [3.8, 4) is 34.4 Å². The van der Waals surface area contributed by atoms with E-state index < -0.39 is 16.5 Å². The van der Waals surface area contributed by atoms with Crippen molar-refractivity contribution in [3.05, 3.63) is 372 Å². The molecule has 0 bridgehead atoms. The van der Waals surface area contributed by atoms with E-state index >= 15 is 0 Å². The van der Waals surface area contributed by atoms with Gasteiger partial charge >= 0.3 is 11.3 Å². The van der Waals surface area contributed by atoms with Gasteiger partial charge in [-0.25, -0.2) is 19.0 Å². The Balaban J connectivity index is 0.000000132. The zero-order valence-electron chi connectivity index (χ0n) is 52.3. The molecule has 0 amide bonds. The Labute approximate surface area is 586 Å². The summed E-state index contributed by atoms with van der Waals surface area (Å²) in [5, 5.41) is 15.7. The number of benzene rings is 12. The lowest BCUT2D eigenvalue weighted by Crippen LogP contribution is -2.39. The highest BCUT2D eigenvalue weighted by atomic mass is 79.9. The molecule has 0 fully saturated rings. The summed E-state index contributed by atoms with van der Waals surface area (Å²) in [6.07, 6.45) is 0. The third-order valence-corrected chi connectivity index (χ3v) is 19.7. The summed E-state index contributed by atoms with van der Waals surface area (Å²) < 4.78 is 28.8. The fraction of sp³-hybridized carbons (Fsp3) is 0.0805. The normalized spacial score (nSPS) is 13.2. The Kier molecular flexibility index (Phi) is 15.9. The summed E-state index contributed by atoms with van der Waals surface area (Å²) >= 11 is 3.47. The minimum absolute atomic E-state index is 0. The van der Waals surface area contributed by atoms with Crippen LogP contribution in [0.25, 0.3) is 55.1 Å². The van der Waals surface area contributed by atoms with Gasteiger partial charge in [-0.05, 0) is 145 Å². The monoisotopic (exact) mass is 1370 g/mol. The van der Waals surface area contributed by atoms with Gasteiger partial charge in [0.05, 0.1) is 56.0 Å². The molecule has 2 spiro atoms. The Bertz CT molecular complexity index is 5730. The Morgan fingerprint density at radius 1 is 0.360 bits per heavy atom. The molecule has 0 saturated carbocycles. The largest absolute Gasteiger partial charge is 0.457 e. The number of rotatable bonds is 3. The molecule has 0 aliphatic carbocycles. The Morgan fingerprint density at radius 3 is 1.13 bits per heavy atom. The maximum atomic E-state index is 13.3. The van der Waals surface area contributed by atoms with E-state index in [-0.39, 0.29) is 27.9 Å². The quantitative estimate of drug-likeness (QED) is 0.171. The third-order valence-electron chi connectivity index (χ3n) is 19.2. The van der Waals surface area contributed by atoms with Gasteiger partial charge in [-0.15, -0.1) is 0 Å². The summed E-state index contributed by atoms with van der Waals surface area (Å²) in [6, 6.07) is 99.4. The number of hydrogen-bond acceptors (Lipinski definition) is 10. The van der Waals surface area contributed by atoms with Crippen LogP contribution in [-0.4, -0.2) is 19.6 Å². The molecule has 4 aliphatic rings. The maximum Gasteiger partial charge on any atom is 0.347 e. The first-order valence-electron chi connectivity index (χ1n) is 32.1. The van der Waals surface area contributed by atoms with Crippen molar-refractivity contribution in [2.24, 2.45) is 0 Å². The van der Waals surface area contributed by atoms with Gasteiger partial charge in [0, 0.05) is 54.6 Å². The van der Waals surface area contributed by atoms with E-state index in [0.717, 1.165) is 111 Å². The molecular weight excluding hydrogens is 1300 g/mol. The van der Waals surface area contributed by atoms with E-state index in [0.29, 0.717) is 33.3 Å². The summed E-state index contributed by atoms with van der Waals surface area (Å²) in [7, 11) is 0.